The highest BCUT2D eigenvalue weighted by Crippen LogP contribution is 1.76. The highest BCUT2D eigenvalue weighted by atomic mass is 35.5. The molecule has 0 aromatic heterocycles. The predicted octanol–water partition coefficient (Wildman–Crippen LogP) is 0.560. The van der Waals surface area contributed by atoms with Crippen LogP contribution in [-0.4, -0.2) is 12.0 Å². The largest absolute Gasteiger partial charge is 0.449 e. The van der Waals surface area contributed by atoms with Gasteiger partial charge in [0.25, 0.3) is 0 Å². The van der Waals surface area contributed by atoms with Crippen molar-refractivity contribution in [2.45, 2.75) is 0 Å². The molecule has 6 heavy (non-hydrogen) atoms. The molecule has 0 spiro atoms. The van der Waals surface area contributed by atoms with Crippen molar-refractivity contribution in [3.8, 4) is 0 Å². The molecule has 0 N–H and O–H groups in total. The molecule has 0 bridgehead atoms. The van der Waals surface area contributed by atoms with Crippen molar-refractivity contribution in [3.05, 3.63) is 6.92 Å². The number of carbonyl (C=O) groups excluding carboxylic acids is 1. The summed E-state index contributed by atoms with van der Waals surface area (Å²) in [6.45, 7) is 2.88. The van der Waals surface area contributed by atoms with E-state index in [1.165, 1.54) is 0 Å². The Bertz CT molecular complexity index is 52.8. The first-order chi connectivity index (χ1) is 2.77. The average molecular weight is 108 g/mol. The van der Waals surface area contributed by atoms with Crippen LogP contribution in [0.5, 0.6) is 0 Å². The van der Waals surface area contributed by atoms with Crippen LogP contribution < -0.4 is 0 Å². The van der Waals surface area contributed by atoms with Gasteiger partial charge in [0.1, 0.15) is 0 Å². The van der Waals surface area contributed by atoms with Gasteiger partial charge in [0.05, 0.1) is 6.92 Å². The van der Waals surface area contributed by atoms with Gasteiger partial charge in [-0.3, -0.25) is 4.79 Å². The van der Waals surface area contributed by atoms with Crippen LogP contribution in [-0.2, 0) is 9.53 Å². The quantitative estimate of drug-likeness (QED) is 0.362. The Morgan fingerprint density at radius 1 is 2.00 bits per heavy atom. The van der Waals surface area contributed by atoms with Crippen LogP contribution in [0, 0.1) is 6.92 Å². The standard InChI is InChI=1S/C3H4ClO2/c1-3(5)6-2-4/h1-2H2. The van der Waals surface area contributed by atoms with Crippen molar-refractivity contribution in [1.82, 2.24) is 0 Å². The zero-order valence-electron chi connectivity index (χ0n) is 3.11. The molecule has 0 aliphatic heterocycles. The van der Waals surface area contributed by atoms with E-state index in [0.717, 1.165) is 0 Å². The van der Waals surface area contributed by atoms with E-state index in [9.17, 15) is 4.79 Å². The van der Waals surface area contributed by atoms with Crippen LogP contribution in [0.3, 0.4) is 0 Å². The molecule has 0 aliphatic carbocycles. The number of ether oxygens (including phenoxy) is 1. The summed E-state index contributed by atoms with van der Waals surface area (Å²) >= 11 is 4.91. The van der Waals surface area contributed by atoms with Gasteiger partial charge in [-0.25, -0.2) is 0 Å². The van der Waals surface area contributed by atoms with Crippen molar-refractivity contribution in [2.24, 2.45) is 0 Å². The van der Waals surface area contributed by atoms with Crippen molar-refractivity contribution in [2.75, 3.05) is 6.07 Å². The molecule has 2 nitrogen and oxygen atoms in total. The van der Waals surface area contributed by atoms with Crippen molar-refractivity contribution in [1.29, 1.82) is 0 Å². The number of hydrogen-bond donors (Lipinski definition) is 0. The first-order valence-corrected chi connectivity index (χ1v) is 1.85. The Hall–Kier alpha value is -0.240. The third kappa shape index (κ3) is 3.76. The zero-order valence-corrected chi connectivity index (χ0v) is 3.86. The Morgan fingerprint density at radius 2 is 2.50 bits per heavy atom. The summed E-state index contributed by atoms with van der Waals surface area (Å²) in [7, 11) is 0. The van der Waals surface area contributed by atoms with Gasteiger partial charge in [-0.1, -0.05) is 11.6 Å². The molecule has 3 heteroatoms. The number of hydrogen-bond acceptors (Lipinski definition) is 2. The maximum atomic E-state index is 9.63. The molecule has 0 amide bonds. The Balaban J connectivity index is 2.83. The maximum absolute atomic E-state index is 9.63. The molecule has 35 valence electrons. The van der Waals surface area contributed by atoms with E-state index in [1.807, 2.05) is 0 Å². The van der Waals surface area contributed by atoms with Crippen LogP contribution in [0.2, 0.25) is 0 Å². The van der Waals surface area contributed by atoms with Crippen LogP contribution in [0.1, 0.15) is 0 Å². The van der Waals surface area contributed by atoms with Crippen molar-refractivity contribution >= 4 is 17.6 Å². The zero-order chi connectivity index (χ0) is 4.99. The Morgan fingerprint density at radius 3 is 2.50 bits per heavy atom. The molecule has 0 fully saturated rings. The monoisotopic (exact) mass is 107 g/mol. The fraction of sp³-hybridized carbons (Fsp3) is 0.333. The topological polar surface area (TPSA) is 26.3 Å². The SMILES string of the molecule is [CH2]C(=O)OCCl. The first-order valence-electron chi connectivity index (χ1n) is 1.32. The number of rotatable bonds is 1. The summed E-state index contributed by atoms with van der Waals surface area (Å²) in [5.74, 6) is -0.593. The van der Waals surface area contributed by atoms with E-state index in [0.29, 0.717) is 0 Å². The van der Waals surface area contributed by atoms with Crippen LogP contribution in [0.4, 0.5) is 0 Å². The minimum absolute atomic E-state index is 0.109. The molecular weight excluding hydrogens is 103 g/mol. The summed E-state index contributed by atoms with van der Waals surface area (Å²) in [6.07, 6.45) is 0. The van der Waals surface area contributed by atoms with Crippen molar-refractivity contribution < 1.29 is 9.53 Å². The fourth-order valence-corrected chi connectivity index (χ4v) is 0.183. The molecule has 0 rings (SSSR count). The summed E-state index contributed by atoms with van der Waals surface area (Å²) in [5, 5.41) is 0. The van der Waals surface area contributed by atoms with Crippen LogP contribution in [0.15, 0.2) is 0 Å². The highest BCUT2D eigenvalue weighted by Gasteiger charge is 1.83. The lowest BCUT2D eigenvalue weighted by atomic mass is 10.8. The second-order valence-corrected chi connectivity index (χ2v) is 0.844. The maximum Gasteiger partial charge on any atom is 0.307 e. The third-order valence-electron chi connectivity index (χ3n) is 0.216. The predicted molar refractivity (Wildman–Crippen MR) is 22.2 cm³/mol. The Kier molecular flexibility index (Phi) is 2.85. The van der Waals surface area contributed by atoms with E-state index in [-0.39, 0.29) is 6.07 Å². The minimum atomic E-state index is -0.593. The molecule has 0 unspecified atom stereocenters. The third-order valence-corrected chi connectivity index (χ3v) is 0.325. The van der Waals surface area contributed by atoms with Gasteiger partial charge in [0, 0.05) is 0 Å². The second-order valence-electron chi connectivity index (χ2n) is 0.625. The van der Waals surface area contributed by atoms with Gasteiger partial charge in [0.15, 0.2) is 6.07 Å². The summed E-state index contributed by atoms with van der Waals surface area (Å²) in [5.41, 5.74) is 0. The lowest BCUT2D eigenvalue weighted by Crippen LogP contribution is -1.94. The summed E-state index contributed by atoms with van der Waals surface area (Å²) in [4.78, 5) is 9.63. The molecule has 0 atom stereocenters. The molecule has 0 saturated carbocycles. The second kappa shape index (κ2) is 2.97. The van der Waals surface area contributed by atoms with Gasteiger partial charge >= 0.3 is 5.97 Å². The first kappa shape index (κ1) is 5.76. The molecule has 0 saturated heterocycles. The van der Waals surface area contributed by atoms with E-state index in [2.05, 4.69) is 11.7 Å². The number of carbonyl (C=O) groups is 1. The molecule has 0 heterocycles. The van der Waals surface area contributed by atoms with Crippen LogP contribution >= 0.6 is 11.6 Å². The van der Waals surface area contributed by atoms with Gasteiger partial charge in [-0.15, -0.1) is 0 Å². The van der Waals surface area contributed by atoms with E-state index in [4.69, 9.17) is 11.6 Å². The van der Waals surface area contributed by atoms with Gasteiger partial charge in [-0.05, 0) is 0 Å². The Labute approximate surface area is 41.0 Å². The normalized spacial score (nSPS) is 7.67. The molecular formula is C3H4ClO2. The lowest BCUT2D eigenvalue weighted by molar-refractivity contribution is -0.136. The lowest BCUT2D eigenvalue weighted by Gasteiger charge is -1.87. The summed E-state index contributed by atoms with van der Waals surface area (Å²) < 4.78 is 4.06. The van der Waals surface area contributed by atoms with Gasteiger partial charge in [-0.2, -0.15) is 0 Å². The molecule has 0 aliphatic rings. The van der Waals surface area contributed by atoms with E-state index in [1.54, 1.807) is 0 Å². The van der Waals surface area contributed by atoms with Gasteiger partial charge in [0.2, 0.25) is 0 Å². The molecule has 0 aromatic carbocycles. The highest BCUT2D eigenvalue weighted by molar-refractivity contribution is 6.17. The van der Waals surface area contributed by atoms with E-state index < -0.39 is 5.97 Å². The minimum Gasteiger partial charge on any atom is -0.449 e. The van der Waals surface area contributed by atoms with Crippen LogP contribution in [0.25, 0.3) is 0 Å². The van der Waals surface area contributed by atoms with Gasteiger partial charge < -0.3 is 4.74 Å². The average Bonchev–Trinajstić information content (AvgIpc) is 1.35. The van der Waals surface area contributed by atoms with Crippen molar-refractivity contribution in [3.63, 3.8) is 0 Å². The number of alkyl halides is 1. The van der Waals surface area contributed by atoms with E-state index >= 15 is 0 Å². The number of esters is 1. The fourth-order valence-electron chi connectivity index (χ4n) is 0.0608. The summed E-state index contributed by atoms with van der Waals surface area (Å²) in [6, 6.07) is -0.109. The molecule has 1 radical (unpaired) electrons. The number of halogens is 1. The molecule has 0 aromatic rings. The smallest absolute Gasteiger partial charge is 0.307 e.